The molecule has 3 heteroatoms. The van der Waals surface area contributed by atoms with Gasteiger partial charge in [0.2, 0.25) is 0 Å². The molecule has 12 heavy (non-hydrogen) atoms. The van der Waals surface area contributed by atoms with Crippen molar-refractivity contribution in [3.8, 4) is 0 Å². The Hall–Kier alpha value is -0.730. The third-order valence-corrected chi connectivity index (χ3v) is 3.10. The van der Waals surface area contributed by atoms with Gasteiger partial charge in [-0.3, -0.25) is 0 Å². The fourth-order valence-electron chi connectivity index (χ4n) is 2.30. The van der Waals surface area contributed by atoms with Crippen LogP contribution >= 0.6 is 0 Å². The van der Waals surface area contributed by atoms with Crippen molar-refractivity contribution >= 4 is 6.02 Å². The summed E-state index contributed by atoms with van der Waals surface area (Å²) in [5, 5.41) is 0. The van der Waals surface area contributed by atoms with Crippen LogP contribution in [0.1, 0.15) is 32.6 Å². The summed E-state index contributed by atoms with van der Waals surface area (Å²) >= 11 is 0. The predicted molar refractivity (Wildman–Crippen MR) is 47.9 cm³/mol. The third kappa shape index (κ3) is 1.17. The second-order valence-corrected chi connectivity index (χ2v) is 3.98. The van der Waals surface area contributed by atoms with Crippen LogP contribution in [0, 0.1) is 5.92 Å². The molecule has 0 aromatic rings. The van der Waals surface area contributed by atoms with E-state index in [4.69, 9.17) is 10.5 Å². The van der Waals surface area contributed by atoms with Crippen LogP contribution in [0.25, 0.3) is 0 Å². The molecule has 68 valence electrons. The Labute approximate surface area is 73.0 Å². The standard InChI is InChI=1S/C9H16N2O/c1-2-7-3-4-9(5-7)6-12-8(10)11-9/h7H,2-6H2,1H3,(H2,10,11). The van der Waals surface area contributed by atoms with Gasteiger partial charge in [0.1, 0.15) is 12.1 Å². The highest BCUT2D eigenvalue weighted by molar-refractivity contribution is 5.73. The van der Waals surface area contributed by atoms with Crippen LogP contribution < -0.4 is 5.73 Å². The van der Waals surface area contributed by atoms with Gasteiger partial charge in [0.15, 0.2) is 0 Å². The van der Waals surface area contributed by atoms with Crippen molar-refractivity contribution in [2.24, 2.45) is 16.6 Å². The van der Waals surface area contributed by atoms with Gasteiger partial charge in [0.25, 0.3) is 6.02 Å². The van der Waals surface area contributed by atoms with Crippen LogP contribution in [-0.4, -0.2) is 18.2 Å². The molecule has 2 atom stereocenters. The zero-order valence-corrected chi connectivity index (χ0v) is 7.55. The number of rotatable bonds is 1. The number of aliphatic imine (C=N–C) groups is 1. The molecule has 0 radical (unpaired) electrons. The second kappa shape index (κ2) is 2.64. The Morgan fingerprint density at radius 1 is 1.75 bits per heavy atom. The maximum atomic E-state index is 5.50. The van der Waals surface area contributed by atoms with E-state index in [0.717, 1.165) is 18.9 Å². The minimum absolute atomic E-state index is 0.0742. The smallest absolute Gasteiger partial charge is 0.282 e. The first-order valence-electron chi connectivity index (χ1n) is 4.72. The summed E-state index contributed by atoms with van der Waals surface area (Å²) in [6.07, 6.45) is 4.88. The van der Waals surface area contributed by atoms with Crippen molar-refractivity contribution < 1.29 is 4.74 Å². The minimum Gasteiger partial charge on any atom is -0.463 e. The van der Waals surface area contributed by atoms with Crippen molar-refractivity contribution in [1.82, 2.24) is 0 Å². The molecule has 0 aromatic heterocycles. The number of ether oxygens (including phenoxy) is 1. The minimum atomic E-state index is 0.0742. The molecule has 2 rings (SSSR count). The normalized spacial score (nSPS) is 40.1. The Bertz CT molecular complexity index is 215. The van der Waals surface area contributed by atoms with E-state index in [1.807, 2.05) is 0 Å². The van der Waals surface area contributed by atoms with Crippen LogP contribution in [0.3, 0.4) is 0 Å². The van der Waals surface area contributed by atoms with Crippen LogP contribution in [0.4, 0.5) is 0 Å². The Morgan fingerprint density at radius 3 is 3.08 bits per heavy atom. The molecular formula is C9H16N2O. The molecule has 0 bridgehead atoms. The highest BCUT2D eigenvalue weighted by Crippen LogP contribution is 2.41. The maximum Gasteiger partial charge on any atom is 0.282 e. The summed E-state index contributed by atoms with van der Waals surface area (Å²) in [4.78, 5) is 4.39. The van der Waals surface area contributed by atoms with E-state index in [-0.39, 0.29) is 5.54 Å². The van der Waals surface area contributed by atoms with Gasteiger partial charge in [0.05, 0.1) is 0 Å². The van der Waals surface area contributed by atoms with Crippen molar-refractivity contribution in [3.05, 3.63) is 0 Å². The molecule has 1 spiro atoms. The maximum absolute atomic E-state index is 5.50. The zero-order valence-electron chi connectivity index (χ0n) is 7.55. The molecule has 1 saturated carbocycles. The highest BCUT2D eigenvalue weighted by Gasteiger charge is 2.42. The molecule has 1 fully saturated rings. The summed E-state index contributed by atoms with van der Waals surface area (Å²) in [6, 6.07) is 0.395. The number of hydrogen-bond acceptors (Lipinski definition) is 3. The first-order valence-corrected chi connectivity index (χ1v) is 4.72. The van der Waals surface area contributed by atoms with E-state index in [2.05, 4.69) is 11.9 Å². The van der Waals surface area contributed by atoms with Crippen LogP contribution in [0.2, 0.25) is 0 Å². The molecule has 1 heterocycles. The SMILES string of the molecule is CCC1CCC2(COC(N)=N2)C1. The van der Waals surface area contributed by atoms with Crippen LogP contribution in [0.5, 0.6) is 0 Å². The van der Waals surface area contributed by atoms with Crippen molar-refractivity contribution in [2.75, 3.05) is 6.61 Å². The third-order valence-electron chi connectivity index (χ3n) is 3.10. The second-order valence-electron chi connectivity index (χ2n) is 3.98. The van der Waals surface area contributed by atoms with Gasteiger partial charge in [-0.2, -0.15) is 0 Å². The van der Waals surface area contributed by atoms with Crippen molar-refractivity contribution in [3.63, 3.8) is 0 Å². The van der Waals surface area contributed by atoms with Crippen LogP contribution in [0.15, 0.2) is 4.99 Å². The molecule has 2 unspecified atom stereocenters. The molecule has 0 saturated heterocycles. The van der Waals surface area contributed by atoms with E-state index in [1.54, 1.807) is 0 Å². The van der Waals surface area contributed by atoms with E-state index >= 15 is 0 Å². The zero-order chi connectivity index (χ0) is 8.60. The van der Waals surface area contributed by atoms with E-state index in [1.165, 1.54) is 19.3 Å². The summed E-state index contributed by atoms with van der Waals surface area (Å²) < 4.78 is 5.21. The number of nitrogens with zero attached hydrogens (tertiary/aromatic N) is 1. The highest BCUT2D eigenvalue weighted by atomic mass is 16.5. The first kappa shape index (κ1) is 7.90. The van der Waals surface area contributed by atoms with Gasteiger partial charge >= 0.3 is 0 Å². The van der Waals surface area contributed by atoms with Gasteiger partial charge in [0, 0.05) is 0 Å². The first-order chi connectivity index (χ1) is 5.74. The van der Waals surface area contributed by atoms with E-state index in [9.17, 15) is 0 Å². The largest absolute Gasteiger partial charge is 0.463 e. The monoisotopic (exact) mass is 168 g/mol. The summed E-state index contributed by atoms with van der Waals surface area (Å²) in [5.74, 6) is 0.836. The summed E-state index contributed by atoms with van der Waals surface area (Å²) in [7, 11) is 0. The van der Waals surface area contributed by atoms with Gasteiger partial charge < -0.3 is 10.5 Å². The molecular weight excluding hydrogens is 152 g/mol. The average Bonchev–Trinajstić information content (AvgIpc) is 2.61. The number of hydrogen-bond donors (Lipinski definition) is 1. The average molecular weight is 168 g/mol. The number of nitrogens with two attached hydrogens (primary N) is 1. The van der Waals surface area contributed by atoms with E-state index < -0.39 is 0 Å². The Morgan fingerprint density at radius 2 is 2.58 bits per heavy atom. The number of amidine groups is 1. The molecule has 0 aromatic carbocycles. The fourth-order valence-corrected chi connectivity index (χ4v) is 2.30. The van der Waals surface area contributed by atoms with Gasteiger partial charge in [-0.15, -0.1) is 0 Å². The lowest BCUT2D eigenvalue weighted by Gasteiger charge is -2.16. The lowest BCUT2D eigenvalue weighted by Crippen LogP contribution is -2.24. The molecule has 2 N–H and O–H groups in total. The predicted octanol–water partition coefficient (Wildman–Crippen LogP) is 1.28. The molecule has 2 aliphatic rings. The Kier molecular flexibility index (Phi) is 1.74. The lowest BCUT2D eigenvalue weighted by molar-refractivity contribution is 0.250. The quantitative estimate of drug-likeness (QED) is 0.641. The summed E-state index contributed by atoms with van der Waals surface area (Å²) in [5.41, 5.74) is 5.58. The fraction of sp³-hybridized carbons (Fsp3) is 0.889. The van der Waals surface area contributed by atoms with Gasteiger partial charge in [-0.25, -0.2) is 4.99 Å². The molecule has 1 aliphatic carbocycles. The van der Waals surface area contributed by atoms with E-state index in [0.29, 0.717) is 6.02 Å². The van der Waals surface area contributed by atoms with Crippen molar-refractivity contribution in [1.29, 1.82) is 0 Å². The molecule has 1 aliphatic heterocycles. The van der Waals surface area contributed by atoms with Crippen LogP contribution in [-0.2, 0) is 4.74 Å². The topological polar surface area (TPSA) is 47.6 Å². The Balaban J connectivity index is 2.06. The van der Waals surface area contributed by atoms with Crippen molar-refractivity contribution in [2.45, 2.75) is 38.1 Å². The molecule has 0 amide bonds. The summed E-state index contributed by atoms with van der Waals surface area (Å²) in [6.45, 7) is 2.96. The molecule has 3 nitrogen and oxygen atoms in total. The van der Waals surface area contributed by atoms with Gasteiger partial charge in [-0.1, -0.05) is 13.3 Å². The lowest BCUT2D eigenvalue weighted by atomic mass is 9.97. The van der Waals surface area contributed by atoms with Gasteiger partial charge in [-0.05, 0) is 25.2 Å².